The molecule has 0 bridgehead atoms. The normalized spacial score (nSPS) is 13.7. The Hall–Kier alpha value is -0.890. The van der Waals surface area contributed by atoms with Crippen molar-refractivity contribution in [2.45, 2.75) is 18.4 Å². The molecule has 0 aliphatic heterocycles. The molecule has 1 unspecified atom stereocenters. The summed E-state index contributed by atoms with van der Waals surface area (Å²) in [4.78, 5) is 0. The van der Waals surface area contributed by atoms with Gasteiger partial charge in [0.05, 0.1) is 11.6 Å². The number of nitrogens with one attached hydrogen (secondary N) is 1. The summed E-state index contributed by atoms with van der Waals surface area (Å²) in [5.74, 6) is -5.30. The highest BCUT2D eigenvalue weighted by molar-refractivity contribution is 9.10. The Balaban J connectivity index is 3.37. The first-order valence-electron chi connectivity index (χ1n) is 5.11. The van der Waals surface area contributed by atoms with Crippen molar-refractivity contribution in [3.05, 3.63) is 28.0 Å². The Labute approximate surface area is 115 Å². The Morgan fingerprint density at radius 1 is 1.32 bits per heavy atom. The molecule has 0 amide bonds. The van der Waals surface area contributed by atoms with Crippen LogP contribution < -0.4 is 10.1 Å². The molecule has 0 saturated carbocycles. The maximum absolute atomic E-state index is 13.5. The van der Waals surface area contributed by atoms with Crippen molar-refractivity contribution in [2.24, 2.45) is 0 Å². The highest BCUT2D eigenvalue weighted by Gasteiger charge is 2.49. The first-order valence-corrected chi connectivity index (χ1v) is 5.91. The van der Waals surface area contributed by atoms with Crippen molar-refractivity contribution in [1.29, 1.82) is 0 Å². The molecule has 2 nitrogen and oxygen atoms in total. The summed E-state index contributed by atoms with van der Waals surface area (Å²) in [7, 11) is 2.25. The summed E-state index contributed by atoms with van der Waals surface area (Å²) in [6.07, 6.45) is -3.86. The van der Waals surface area contributed by atoms with Crippen molar-refractivity contribution in [1.82, 2.24) is 5.32 Å². The molecule has 0 heterocycles. The number of alkyl halides is 4. The molecule has 0 aliphatic rings. The summed E-state index contributed by atoms with van der Waals surface area (Å²) in [6, 6.07) is -0.156. The van der Waals surface area contributed by atoms with E-state index in [4.69, 9.17) is 4.74 Å². The highest BCUT2D eigenvalue weighted by atomic mass is 79.9. The van der Waals surface area contributed by atoms with E-state index in [0.29, 0.717) is 0 Å². The third-order valence-electron chi connectivity index (χ3n) is 2.55. The van der Waals surface area contributed by atoms with Crippen LogP contribution in [0, 0.1) is 5.82 Å². The van der Waals surface area contributed by atoms with Gasteiger partial charge in [-0.05, 0) is 29.0 Å². The van der Waals surface area contributed by atoms with Gasteiger partial charge in [0.2, 0.25) is 0 Å². The lowest BCUT2D eigenvalue weighted by Crippen LogP contribution is -2.41. The Morgan fingerprint density at radius 2 is 1.89 bits per heavy atom. The van der Waals surface area contributed by atoms with Gasteiger partial charge in [0.25, 0.3) is 0 Å². The maximum atomic E-state index is 13.5. The average molecular weight is 348 g/mol. The van der Waals surface area contributed by atoms with Crippen molar-refractivity contribution >= 4 is 15.9 Å². The quantitative estimate of drug-likeness (QED) is 0.819. The van der Waals surface area contributed by atoms with E-state index in [1.165, 1.54) is 0 Å². The smallest absolute Gasteiger partial charge is 0.326 e. The van der Waals surface area contributed by atoms with Crippen LogP contribution in [0.1, 0.15) is 11.6 Å². The molecular formula is C11H11BrF5NO. The molecule has 1 aromatic rings. The molecule has 1 N–H and O–H groups in total. The minimum absolute atomic E-state index is 0.117. The Bertz CT molecular complexity index is 455. The van der Waals surface area contributed by atoms with Crippen molar-refractivity contribution in [3.63, 3.8) is 0 Å². The molecule has 0 radical (unpaired) electrons. The number of methoxy groups -OCH3 is 1. The van der Waals surface area contributed by atoms with Gasteiger partial charge >= 0.3 is 12.3 Å². The van der Waals surface area contributed by atoms with Crippen molar-refractivity contribution in [3.8, 4) is 5.75 Å². The third kappa shape index (κ3) is 3.17. The molecule has 0 spiro atoms. The van der Waals surface area contributed by atoms with E-state index in [1.807, 2.05) is 0 Å². The zero-order valence-electron chi connectivity index (χ0n) is 9.99. The first-order chi connectivity index (χ1) is 8.75. The summed E-state index contributed by atoms with van der Waals surface area (Å²) < 4.78 is 69.7. The van der Waals surface area contributed by atoms with Crippen LogP contribution in [-0.2, 0) is 0 Å². The summed E-state index contributed by atoms with van der Waals surface area (Å²) in [6.45, 7) is 0. The SMILES string of the molecule is CNC(c1cc(Br)c(F)cc1OC)C(F)(F)C(F)F. The highest BCUT2D eigenvalue weighted by Crippen LogP contribution is 2.41. The fraction of sp³-hybridized carbons (Fsp3) is 0.455. The van der Waals surface area contributed by atoms with E-state index in [-0.39, 0.29) is 15.8 Å². The summed E-state index contributed by atoms with van der Waals surface area (Å²) >= 11 is 2.82. The molecule has 0 saturated heterocycles. The molecule has 8 heteroatoms. The second-order valence-electron chi connectivity index (χ2n) is 3.71. The van der Waals surface area contributed by atoms with Gasteiger partial charge in [-0.1, -0.05) is 0 Å². The van der Waals surface area contributed by atoms with Crippen LogP contribution in [0.4, 0.5) is 22.0 Å². The standard InChI is InChI=1S/C11H11BrF5NO/c1-18-9(11(16,17)10(14)15)5-3-6(12)7(13)4-8(5)19-2/h3-4,9-10,18H,1-2H3. The van der Waals surface area contributed by atoms with Gasteiger partial charge in [0.15, 0.2) is 0 Å². The monoisotopic (exact) mass is 347 g/mol. The molecule has 19 heavy (non-hydrogen) atoms. The summed E-state index contributed by atoms with van der Waals surface area (Å²) in [5.41, 5.74) is -0.261. The van der Waals surface area contributed by atoms with Crippen LogP contribution in [0.25, 0.3) is 0 Å². The van der Waals surface area contributed by atoms with Crippen LogP contribution in [-0.4, -0.2) is 26.5 Å². The van der Waals surface area contributed by atoms with E-state index in [1.54, 1.807) is 0 Å². The van der Waals surface area contributed by atoms with Crippen LogP contribution in [0.15, 0.2) is 16.6 Å². The molecule has 108 valence electrons. The van der Waals surface area contributed by atoms with Crippen LogP contribution in [0.5, 0.6) is 5.75 Å². The molecule has 1 aromatic carbocycles. The third-order valence-corrected chi connectivity index (χ3v) is 3.16. The first kappa shape index (κ1) is 16.2. The van der Waals surface area contributed by atoms with Gasteiger partial charge in [-0.3, -0.25) is 0 Å². The lowest BCUT2D eigenvalue weighted by molar-refractivity contribution is -0.150. The van der Waals surface area contributed by atoms with Gasteiger partial charge in [0, 0.05) is 11.6 Å². The fourth-order valence-corrected chi connectivity index (χ4v) is 1.99. The number of halogens is 6. The largest absolute Gasteiger partial charge is 0.496 e. The second kappa shape index (κ2) is 6.04. The molecule has 0 aliphatic carbocycles. The predicted molar refractivity (Wildman–Crippen MR) is 63.4 cm³/mol. The number of hydrogen-bond donors (Lipinski definition) is 1. The minimum atomic E-state index is -4.32. The Kier molecular flexibility index (Phi) is 5.14. The number of benzene rings is 1. The maximum Gasteiger partial charge on any atom is 0.326 e. The van der Waals surface area contributed by atoms with Gasteiger partial charge < -0.3 is 10.1 Å². The topological polar surface area (TPSA) is 21.3 Å². The van der Waals surface area contributed by atoms with Crippen LogP contribution in [0.2, 0.25) is 0 Å². The zero-order valence-corrected chi connectivity index (χ0v) is 11.6. The van der Waals surface area contributed by atoms with E-state index >= 15 is 0 Å². The van der Waals surface area contributed by atoms with E-state index in [0.717, 1.165) is 26.3 Å². The van der Waals surface area contributed by atoms with Crippen LogP contribution >= 0.6 is 15.9 Å². The average Bonchev–Trinajstić information content (AvgIpc) is 2.33. The molecule has 0 fully saturated rings. The van der Waals surface area contributed by atoms with Gasteiger partial charge in [-0.15, -0.1) is 0 Å². The van der Waals surface area contributed by atoms with Gasteiger partial charge in [-0.2, -0.15) is 8.78 Å². The molecule has 0 aromatic heterocycles. The lowest BCUT2D eigenvalue weighted by atomic mass is 9.99. The summed E-state index contributed by atoms with van der Waals surface area (Å²) in [5, 5.41) is 2.11. The zero-order chi connectivity index (χ0) is 14.8. The Morgan fingerprint density at radius 3 is 2.32 bits per heavy atom. The molecule has 1 atom stereocenters. The predicted octanol–water partition coefficient (Wildman–Crippen LogP) is 3.76. The van der Waals surface area contributed by atoms with Crippen LogP contribution in [0.3, 0.4) is 0 Å². The van der Waals surface area contributed by atoms with E-state index in [9.17, 15) is 22.0 Å². The van der Waals surface area contributed by atoms with E-state index < -0.39 is 24.2 Å². The number of hydrogen-bond acceptors (Lipinski definition) is 2. The fourth-order valence-electron chi connectivity index (χ4n) is 1.63. The van der Waals surface area contributed by atoms with Gasteiger partial charge in [-0.25, -0.2) is 13.2 Å². The van der Waals surface area contributed by atoms with E-state index in [2.05, 4.69) is 21.2 Å². The minimum Gasteiger partial charge on any atom is -0.496 e. The number of ether oxygens (including phenoxy) is 1. The second-order valence-corrected chi connectivity index (χ2v) is 4.56. The number of rotatable bonds is 5. The van der Waals surface area contributed by atoms with Crippen molar-refractivity contribution < 1.29 is 26.7 Å². The molecule has 1 rings (SSSR count). The van der Waals surface area contributed by atoms with Crippen molar-refractivity contribution in [2.75, 3.05) is 14.2 Å². The van der Waals surface area contributed by atoms with Gasteiger partial charge in [0.1, 0.15) is 17.6 Å². The lowest BCUT2D eigenvalue weighted by Gasteiger charge is -2.27. The molecular weight excluding hydrogens is 337 g/mol.